The van der Waals surface area contributed by atoms with E-state index in [2.05, 4.69) is 11.4 Å². The first kappa shape index (κ1) is 23.5. The van der Waals surface area contributed by atoms with Gasteiger partial charge in [-0.15, -0.1) is 0 Å². The number of amides is 1. The molecule has 0 heterocycles. The Morgan fingerprint density at radius 1 is 1.06 bits per heavy atom. The predicted octanol–water partition coefficient (Wildman–Crippen LogP) is 5.03. The lowest BCUT2D eigenvalue weighted by atomic mass is 9.88. The van der Waals surface area contributed by atoms with Gasteiger partial charge in [0.25, 0.3) is 0 Å². The van der Waals surface area contributed by atoms with Crippen LogP contribution in [0, 0.1) is 6.92 Å². The molecule has 4 rings (SSSR count). The Labute approximate surface area is 200 Å². The molecule has 0 radical (unpaired) electrons. The Balaban J connectivity index is 1.58. The number of rotatable bonds is 7. The summed E-state index contributed by atoms with van der Waals surface area (Å²) in [4.78, 5) is 13.2. The average Bonchev–Trinajstić information content (AvgIpc) is 2.79. The Kier molecular flexibility index (Phi) is 7.17. The second-order valence-electron chi connectivity index (χ2n) is 8.43. The molecule has 0 aliphatic heterocycles. The van der Waals surface area contributed by atoms with Crippen LogP contribution in [0.2, 0.25) is 5.02 Å². The van der Waals surface area contributed by atoms with Crippen molar-refractivity contribution in [2.75, 3.05) is 6.54 Å². The maximum Gasteiger partial charge on any atom is 0.243 e. The van der Waals surface area contributed by atoms with Gasteiger partial charge < -0.3 is 5.32 Å². The van der Waals surface area contributed by atoms with Crippen molar-refractivity contribution in [1.29, 1.82) is 0 Å². The summed E-state index contributed by atoms with van der Waals surface area (Å²) in [6.07, 6.45) is 2.82. The topological polar surface area (TPSA) is 66.5 Å². The van der Waals surface area contributed by atoms with E-state index in [1.54, 1.807) is 0 Å². The van der Waals surface area contributed by atoms with Crippen molar-refractivity contribution in [2.24, 2.45) is 0 Å². The SMILES string of the molecule is Cc1cccc(CN(CC(=O)N[C@H]2CCCc3ccccc32)S(=O)(=O)c2ccc(Cl)cc2)c1. The molecule has 5 nitrogen and oxygen atoms in total. The first-order chi connectivity index (χ1) is 15.8. The summed E-state index contributed by atoms with van der Waals surface area (Å²) in [5, 5.41) is 3.52. The largest absolute Gasteiger partial charge is 0.348 e. The van der Waals surface area contributed by atoms with Crippen molar-refractivity contribution in [1.82, 2.24) is 9.62 Å². The molecule has 1 amide bonds. The minimum absolute atomic E-state index is 0.0985. The number of halogens is 1. The molecule has 172 valence electrons. The van der Waals surface area contributed by atoms with Crippen LogP contribution in [0.15, 0.2) is 77.7 Å². The zero-order valence-electron chi connectivity index (χ0n) is 18.5. The van der Waals surface area contributed by atoms with Gasteiger partial charge in [-0.05, 0) is 67.1 Å². The van der Waals surface area contributed by atoms with E-state index < -0.39 is 10.0 Å². The monoisotopic (exact) mass is 482 g/mol. The molecule has 0 saturated heterocycles. The minimum atomic E-state index is -3.91. The second-order valence-corrected chi connectivity index (χ2v) is 10.8. The second kappa shape index (κ2) is 10.1. The van der Waals surface area contributed by atoms with Gasteiger partial charge in [-0.25, -0.2) is 8.42 Å². The molecular formula is C26H27ClN2O3S. The quantitative estimate of drug-likeness (QED) is 0.513. The number of hydrogen-bond acceptors (Lipinski definition) is 3. The molecule has 1 aliphatic carbocycles. The molecule has 0 aromatic heterocycles. The molecule has 1 atom stereocenters. The third kappa shape index (κ3) is 5.64. The zero-order valence-corrected chi connectivity index (χ0v) is 20.1. The third-order valence-corrected chi connectivity index (χ3v) is 7.98. The van der Waals surface area contributed by atoms with Gasteiger partial charge in [0.05, 0.1) is 17.5 Å². The van der Waals surface area contributed by atoms with Crippen LogP contribution in [0.4, 0.5) is 0 Å². The van der Waals surface area contributed by atoms with Crippen LogP contribution in [0.5, 0.6) is 0 Å². The molecule has 0 saturated carbocycles. The zero-order chi connectivity index (χ0) is 23.4. The van der Waals surface area contributed by atoms with Crippen LogP contribution in [-0.2, 0) is 27.8 Å². The van der Waals surface area contributed by atoms with E-state index in [4.69, 9.17) is 11.6 Å². The van der Waals surface area contributed by atoms with Crippen molar-refractivity contribution < 1.29 is 13.2 Å². The van der Waals surface area contributed by atoms with Gasteiger partial charge >= 0.3 is 0 Å². The first-order valence-electron chi connectivity index (χ1n) is 11.0. The van der Waals surface area contributed by atoms with Crippen molar-refractivity contribution >= 4 is 27.5 Å². The lowest BCUT2D eigenvalue weighted by Crippen LogP contribution is -2.42. The van der Waals surface area contributed by atoms with Crippen molar-refractivity contribution in [2.45, 2.75) is 43.7 Å². The van der Waals surface area contributed by atoms with Crippen LogP contribution in [0.3, 0.4) is 0 Å². The fourth-order valence-corrected chi connectivity index (χ4v) is 5.81. The highest BCUT2D eigenvalue weighted by Crippen LogP contribution is 2.29. The molecule has 3 aromatic carbocycles. The molecule has 7 heteroatoms. The minimum Gasteiger partial charge on any atom is -0.348 e. The van der Waals surface area contributed by atoms with E-state index >= 15 is 0 Å². The Hall–Kier alpha value is -2.67. The van der Waals surface area contributed by atoms with Gasteiger partial charge in [0.15, 0.2) is 0 Å². The fraction of sp³-hybridized carbons (Fsp3) is 0.269. The van der Waals surface area contributed by atoms with Gasteiger partial charge in [0.2, 0.25) is 15.9 Å². The maximum absolute atomic E-state index is 13.5. The number of nitrogens with one attached hydrogen (secondary N) is 1. The number of sulfonamides is 1. The van der Waals surface area contributed by atoms with Crippen LogP contribution < -0.4 is 5.32 Å². The fourth-order valence-electron chi connectivity index (χ4n) is 4.30. The van der Waals surface area contributed by atoms with Crippen molar-refractivity contribution in [3.8, 4) is 0 Å². The van der Waals surface area contributed by atoms with Crippen LogP contribution in [0.25, 0.3) is 0 Å². The molecule has 1 N–H and O–H groups in total. The van der Waals surface area contributed by atoms with E-state index in [9.17, 15) is 13.2 Å². The van der Waals surface area contributed by atoms with Crippen LogP contribution in [-0.4, -0.2) is 25.2 Å². The summed E-state index contributed by atoms with van der Waals surface area (Å²) in [7, 11) is -3.91. The highest BCUT2D eigenvalue weighted by molar-refractivity contribution is 7.89. The van der Waals surface area contributed by atoms with E-state index in [0.29, 0.717) is 5.02 Å². The predicted molar refractivity (Wildman–Crippen MR) is 130 cm³/mol. The van der Waals surface area contributed by atoms with Gasteiger partial charge in [-0.3, -0.25) is 4.79 Å². The lowest BCUT2D eigenvalue weighted by molar-refractivity contribution is -0.122. The Morgan fingerprint density at radius 2 is 1.82 bits per heavy atom. The lowest BCUT2D eigenvalue weighted by Gasteiger charge is -2.28. The van der Waals surface area contributed by atoms with E-state index in [0.717, 1.165) is 36.0 Å². The molecule has 0 bridgehead atoms. The van der Waals surface area contributed by atoms with Crippen LogP contribution in [0.1, 0.15) is 41.1 Å². The van der Waals surface area contributed by atoms with E-state index in [1.807, 2.05) is 49.4 Å². The summed E-state index contributed by atoms with van der Waals surface area (Å²) in [5.74, 6) is -0.318. The molecule has 33 heavy (non-hydrogen) atoms. The number of aryl methyl sites for hydroxylation is 2. The standard InChI is InChI=1S/C26H27ClN2O3S/c1-19-6-4-7-20(16-19)17-29(33(31,32)23-14-12-22(27)13-15-23)18-26(30)28-25-11-5-9-21-8-2-3-10-24(21)25/h2-4,6-8,10,12-16,25H,5,9,11,17-18H2,1H3,(H,28,30)/t25-/m0/s1. The first-order valence-corrected chi connectivity index (χ1v) is 12.8. The maximum atomic E-state index is 13.5. The average molecular weight is 483 g/mol. The number of benzene rings is 3. The molecular weight excluding hydrogens is 456 g/mol. The molecule has 3 aromatic rings. The summed E-state index contributed by atoms with van der Waals surface area (Å²) in [6.45, 7) is 1.79. The van der Waals surface area contributed by atoms with E-state index in [-0.39, 0.29) is 29.9 Å². The van der Waals surface area contributed by atoms with Gasteiger partial charge in [-0.1, -0.05) is 65.7 Å². The molecule has 1 aliphatic rings. The number of carbonyl (C=O) groups is 1. The summed E-state index contributed by atoms with van der Waals surface area (Å²) in [6, 6.07) is 21.6. The Morgan fingerprint density at radius 3 is 2.58 bits per heavy atom. The van der Waals surface area contributed by atoms with Crippen molar-refractivity contribution in [3.63, 3.8) is 0 Å². The van der Waals surface area contributed by atoms with Gasteiger partial charge in [0.1, 0.15) is 0 Å². The summed E-state index contributed by atoms with van der Waals surface area (Å²) >= 11 is 5.95. The van der Waals surface area contributed by atoms with Crippen LogP contribution >= 0.6 is 11.6 Å². The normalized spacial score (nSPS) is 15.8. The number of carbonyl (C=O) groups excluding carboxylic acids is 1. The Bertz CT molecular complexity index is 1240. The number of hydrogen-bond donors (Lipinski definition) is 1. The summed E-state index contributed by atoms with van der Waals surface area (Å²) in [5.41, 5.74) is 4.20. The number of fused-ring (bicyclic) bond motifs is 1. The van der Waals surface area contributed by atoms with Gasteiger partial charge in [0, 0.05) is 11.6 Å². The smallest absolute Gasteiger partial charge is 0.243 e. The van der Waals surface area contributed by atoms with Crippen molar-refractivity contribution in [3.05, 3.63) is 100 Å². The molecule has 0 unspecified atom stereocenters. The third-order valence-electron chi connectivity index (χ3n) is 5.92. The molecule has 0 fully saturated rings. The number of nitrogens with zero attached hydrogens (tertiary/aromatic N) is 1. The molecule has 0 spiro atoms. The highest BCUT2D eigenvalue weighted by atomic mass is 35.5. The highest BCUT2D eigenvalue weighted by Gasteiger charge is 2.29. The van der Waals surface area contributed by atoms with Gasteiger partial charge in [-0.2, -0.15) is 4.31 Å². The van der Waals surface area contributed by atoms with E-state index in [1.165, 1.54) is 34.1 Å². The summed E-state index contributed by atoms with van der Waals surface area (Å²) < 4.78 is 28.2.